The predicted octanol–water partition coefficient (Wildman–Crippen LogP) is 0.330. The number of sulfonamides is 1. The smallest absolute Gasteiger partial charge is 0.321 e. The number of likely N-dealkylation sites (tertiary alicyclic amines) is 2. The van der Waals surface area contributed by atoms with Crippen molar-refractivity contribution >= 4 is 34.1 Å². The summed E-state index contributed by atoms with van der Waals surface area (Å²) in [6.45, 7) is 2.96. The number of benzene rings is 1. The van der Waals surface area contributed by atoms with Crippen LogP contribution in [0.15, 0.2) is 35.2 Å². The number of hydrogen-bond acceptors (Lipinski definition) is 7. The number of nitrogens with two attached hydrogens (primary N) is 2. The van der Waals surface area contributed by atoms with Gasteiger partial charge in [-0.05, 0) is 49.7 Å². The molecule has 1 spiro atoms. The normalized spacial score (nSPS) is 17.9. The first-order chi connectivity index (χ1) is 17.6. The second-order valence-corrected chi connectivity index (χ2v) is 11.0. The fraction of sp³-hybridized carbons (Fsp3) is 0.583. The van der Waals surface area contributed by atoms with Crippen molar-refractivity contribution < 1.29 is 27.9 Å². The summed E-state index contributed by atoms with van der Waals surface area (Å²) in [6, 6.07) is 6.15. The Morgan fingerprint density at radius 2 is 1.46 bits per heavy atom. The van der Waals surface area contributed by atoms with Gasteiger partial charge >= 0.3 is 5.97 Å². The largest absolute Gasteiger partial charge is 0.480 e. The molecule has 1 aromatic carbocycles. The first-order valence-electron chi connectivity index (χ1n) is 12.3. The molecule has 0 radical (unpaired) electrons. The molecule has 2 aliphatic rings. The van der Waals surface area contributed by atoms with Crippen LogP contribution in [-0.2, 0) is 24.4 Å². The van der Waals surface area contributed by atoms with Crippen LogP contribution in [0.4, 0.5) is 0 Å². The Bertz CT molecular complexity index is 1020. The van der Waals surface area contributed by atoms with Gasteiger partial charge in [0.15, 0.2) is 0 Å². The molecule has 13 heteroatoms. The van der Waals surface area contributed by atoms with E-state index in [9.17, 15) is 27.9 Å². The highest BCUT2D eigenvalue weighted by molar-refractivity contribution is 7.89. The number of nitrogens with zero attached hydrogens (tertiary/aromatic N) is 2. The minimum absolute atomic E-state index is 0.0234. The van der Waals surface area contributed by atoms with Crippen molar-refractivity contribution in [1.29, 1.82) is 5.41 Å². The number of piperidine rings is 2. The van der Waals surface area contributed by atoms with E-state index in [-0.39, 0.29) is 35.0 Å². The number of aliphatic carboxylic acids is 1. The maximum absolute atomic E-state index is 12.7. The number of carbonyl (C=O) groups excluding carboxylic acids is 2. The SMILES string of the molecule is N=CN.NCCC(=O)N1CCC2(CC1)CCN(C(=O)CC[C@H](NS(=O)(=O)c1ccccc1)C(=O)O)CC2. The minimum atomic E-state index is -4.00. The van der Waals surface area contributed by atoms with Crippen molar-refractivity contribution in [3.63, 3.8) is 0 Å². The maximum atomic E-state index is 12.7. The molecule has 37 heavy (non-hydrogen) atoms. The number of nitrogens with one attached hydrogen (secondary N) is 2. The lowest BCUT2D eigenvalue weighted by atomic mass is 9.71. The third-order valence-corrected chi connectivity index (χ3v) is 8.50. The van der Waals surface area contributed by atoms with E-state index in [0.29, 0.717) is 39.1 Å². The van der Waals surface area contributed by atoms with Gasteiger partial charge in [-0.25, -0.2) is 8.42 Å². The van der Waals surface area contributed by atoms with E-state index < -0.39 is 22.0 Å². The quantitative estimate of drug-likeness (QED) is 0.219. The highest BCUT2D eigenvalue weighted by Crippen LogP contribution is 2.41. The monoisotopic (exact) mass is 538 g/mol. The topological polar surface area (TPSA) is 200 Å². The van der Waals surface area contributed by atoms with Crippen molar-refractivity contribution in [3.05, 3.63) is 30.3 Å². The van der Waals surface area contributed by atoms with E-state index in [1.807, 2.05) is 4.90 Å². The Balaban J connectivity index is 0.00000153. The Kier molecular flexibility index (Phi) is 11.5. The number of rotatable bonds is 9. The van der Waals surface area contributed by atoms with Gasteiger partial charge in [-0.3, -0.25) is 19.8 Å². The summed E-state index contributed by atoms with van der Waals surface area (Å²) < 4.78 is 27.1. The maximum Gasteiger partial charge on any atom is 0.321 e. The average molecular weight is 539 g/mol. The number of carboxylic acid groups (broad SMARTS) is 1. The summed E-state index contributed by atoms with van der Waals surface area (Å²) in [4.78, 5) is 40.0. The molecule has 0 unspecified atom stereocenters. The van der Waals surface area contributed by atoms with Gasteiger partial charge in [-0.1, -0.05) is 18.2 Å². The Labute approximate surface area is 217 Å². The van der Waals surface area contributed by atoms with E-state index in [1.165, 1.54) is 12.1 Å². The van der Waals surface area contributed by atoms with Crippen LogP contribution in [0.25, 0.3) is 0 Å². The predicted molar refractivity (Wildman–Crippen MR) is 138 cm³/mol. The van der Waals surface area contributed by atoms with Crippen LogP contribution < -0.4 is 16.2 Å². The van der Waals surface area contributed by atoms with Crippen LogP contribution in [0.1, 0.15) is 44.9 Å². The zero-order valence-corrected chi connectivity index (χ0v) is 21.8. The van der Waals surface area contributed by atoms with Crippen LogP contribution in [-0.4, -0.2) is 86.2 Å². The summed E-state index contributed by atoms with van der Waals surface area (Å²) >= 11 is 0. The lowest BCUT2D eigenvalue weighted by molar-refractivity contribution is -0.139. The molecule has 2 amide bonds. The molecular formula is C24H38N6O6S. The minimum Gasteiger partial charge on any atom is -0.480 e. The fourth-order valence-corrected chi connectivity index (χ4v) is 6.00. The summed E-state index contributed by atoms with van der Waals surface area (Å²) in [7, 11) is -4.00. The van der Waals surface area contributed by atoms with E-state index in [0.717, 1.165) is 32.0 Å². The van der Waals surface area contributed by atoms with Crippen molar-refractivity contribution in [2.45, 2.75) is 55.9 Å². The summed E-state index contributed by atoms with van der Waals surface area (Å²) in [6.07, 6.45) is 4.46. The number of carboxylic acids is 1. The molecule has 2 heterocycles. The molecule has 12 nitrogen and oxygen atoms in total. The van der Waals surface area contributed by atoms with Gasteiger partial charge < -0.3 is 26.4 Å². The van der Waals surface area contributed by atoms with Gasteiger partial charge in [0.1, 0.15) is 6.04 Å². The highest BCUT2D eigenvalue weighted by Gasteiger charge is 2.39. The molecule has 3 rings (SSSR count). The Hall–Kier alpha value is -3.03. The molecule has 0 bridgehead atoms. The van der Waals surface area contributed by atoms with Gasteiger partial charge in [0, 0.05) is 45.6 Å². The molecule has 1 aromatic rings. The van der Waals surface area contributed by atoms with Crippen molar-refractivity contribution in [2.24, 2.45) is 16.9 Å². The fourth-order valence-electron chi connectivity index (χ4n) is 4.76. The molecular weight excluding hydrogens is 500 g/mol. The molecule has 1 atom stereocenters. The molecule has 0 saturated carbocycles. The number of carbonyl (C=O) groups is 3. The zero-order chi connectivity index (χ0) is 27.5. The summed E-state index contributed by atoms with van der Waals surface area (Å²) in [5.41, 5.74) is 10.0. The van der Waals surface area contributed by atoms with Crippen LogP contribution in [0.5, 0.6) is 0 Å². The van der Waals surface area contributed by atoms with E-state index >= 15 is 0 Å². The second-order valence-electron chi connectivity index (χ2n) is 9.33. The first-order valence-corrected chi connectivity index (χ1v) is 13.8. The van der Waals surface area contributed by atoms with Crippen LogP contribution >= 0.6 is 0 Å². The molecule has 2 fully saturated rings. The van der Waals surface area contributed by atoms with Gasteiger partial charge in [0.25, 0.3) is 0 Å². The third-order valence-electron chi connectivity index (χ3n) is 7.01. The van der Waals surface area contributed by atoms with E-state index in [1.54, 1.807) is 23.1 Å². The molecule has 2 saturated heterocycles. The number of amides is 2. The van der Waals surface area contributed by atoms with Gasteiger partial charge in [0.05, 0.1) is 11.2 Å². The van der Waals surface area contributed by atoms with E-state index in [2.05, 4.69) is 10.5 Å². The highest BCUT2D eigenvalue weighted by atomic mass is 32.2. The molecule has 0 aromatic heterocycles. The molecule has 206 valence electrons. The third kappa shape index (κ3) is 8.79. The zero-order valence-electron chi connectivity index (χ0n) is 21.0. The standard InChI is InChI=1S/C23H34N4O6S.CH4N2/c24-13-8-21(29)27-16-11-23(12-17-27)9-14-26(15-10-23)20(28)7-6-19(22(30)31)25-34(32,33)18-4-2-1-3-5-18;2-1-3/h1-5,19,25H,6-17,24H2,(H,30,31);1H,(H3,2,3)/t19-;/m0./s1. The molecule has 0 aliphatic carbocycles. The van der Waals surface area contributed by atoms with Gasteiger partial charge in [0.2, 0.25) is 21.8 Å². The lowest BCUT2D eigenvalue weighted by Crippen LogP contribution is -2.49. The van der Waals surface area contributed by atoms with E-state index in [4.69, 9.17) is 11.1 Å². The van der Waals surface area contributed by atoms with Gasteiger partial charge in [-0.2, -0.15) is 4.72 Å². The molecule has 7 N–H and O–H groups in total. The number of hydrogen-bond donors (Lipinski definition) is 5. The Morgan fingerprint density at radius 3 is 1.89 bits per heavy atom. The van der Waals surface area contributed by atoms with Gasteiger partial charge in [-0.15, -0.1) is 0 Å². The van der Waals surface area contributed by atoms with Crippen molar-refractivity contribution in [1.82, 2.24) is 14.5 Å². The van der Waals surface area contributed by atoms with Crippen LogP contribution in [0.3, 0.4) is 0 Å². The lowest BCUT2D eigenvalue weighted by Gasteiger charge is -2.47. The van der Waals surface area contributed by atoms with Crippen LogP contribution in [0.2, 0.25) is 0 Å². The van der Waals surface area contributed by atoms with Crippen LogP contribution in [0, 0.1) is 10.8 Å². The summed E-state index contributed by atoms with van der Waals surface area (Å²) in [5, 5.41) is 15.3. The second kappa shape index (κ2) is 14.1. The average Bonchev–Trinajstić information content (AvgIpc) is 2.88. The van der Waals surface area contributed by atoms with Crippen molar-refractivity contribution in [3.8, 4) is 0 Å². The summed E-state index contributed by atoms with van der Waals surface area (Å²) in [5.74, 6) is -1.39. The Morgan fingerprint density at radius 1 is 1.00 bits per heavy atom. The first kappa shape index (κ1) is 30.2. The molecule has 2 aliphatic heterocycles. The van der Waals surface area contributed by atoms with Crippen molar-refractivity contribution in [2.75, 3.05) is 32.7 Å².